The number of nitrogen functional groups attached to an aromatic ring is 2. The van der Waals surface area contributed by atoms with Crippen LogP contribution in [0.4, 0.5) is 20.5 Å². The van der Waals surface area contributed by atoms with Crippen molar-refractivity contribution >= 4 is 32.5 Å². The molecule has 0 atom stereocenters. The molecule has 31 heavy (non-hydrogen) atoms. The van der Waals surface area contributed by atoms with Gasteiger partial charge in [0.25, 0.3) is 0 Å². The van der Waals surface area contributed by atoms with Crippen molar-refractivity contribution in [2.45, 2.75) is 22.5 Å². The van der Waals surface area contributed by atoms with E-state index in [4.69, 9.17) is 16.2 Å². The molecule has 1 fully saturated rings. The number of sulfone groups is 1. The number of hydrogen-bond donors (Lipinski definition) is 3. The molecule has 0 radical (unpaired) electrons. The summed E-state index contributed by atoms with van der Waals surface area (Å²) in [4.78, 5) is 7.79. The maximum atomic E-state index is 13.8. The first-order valence-electron chi connectivity index (χ1n) is 9.58. The quantitative estimate of drug-likeness (QED) is 0.504. The normalized spacial score (nSPS) is 16.3. The Balaban J connectivity index is 1.73. The number of anilines is 2. The maximum Gasteiger partial charge on any atom is 0.222 e. The van der Waals surface area contributed by atoms with E-state index in [1.54, 1.807) is 18.2 Å². The van der Waals surface area contributed by atoms with Gasteiger partial charge in [-0.2, -0.15) is 4.98 Å². The molecule has 0 bridgehead atoms. The standard InChI is InChI=1S/C20H21F2N5O3S/c21-13-5-4-12(10-14(13)22)31(28,29)20(6-8-25-9-7-20)11-30-16-3-1-2-15-17(16)18(23)27-19(24)26-15/h1-5,10,25H,6-9,11H2,(H4,23,24,26,27). The molecule has 0 spiro atoms. The number of nitrogens with zero attached hydrogens (tertiary/aromatic N) is 2. The van der Waals surface area contributed by atoms with Crippen LogP contribution < -0.4 is 21.5 Å². The Hall–Kier alpha value is -3.05. The van der Waals surface area contributed by atoms with Gasteiger partial charge in [-0.25, -0.2) is 22.2 Å². The molecule has 5 N–H and O–H groups in total. The van der Waals surface area contributed by atoms with Gasteiger partial charge in [-0.1, -0.05) is 6.07 Å². The van der Waals surface area contributed by atoms with E-state index >= 15 is 0 Å². The molecule has 0 unspecified atom stereocenters. The van der Waals surface area contributed by atoms with Crippen LogP contribution in [-0.4, -0.2) is 42.8 Å². The molecule has 11 heteroatoms. The minimum Gasteiger partial charge on any atom is -0.491 e. The Morgan fingerprint density at radius 3 is 2.52 bits per heavy atom. The minimum atomic E-state index is -4.06. The molecule has 1 aromatic heterocycles. The van der Waals surface area contributed by atoms with E-state index in [-0.39, 0.29) is 36.1 Å². The summed E-state index contributed by atoms with van der Waals surface area (Å²) in [6.07, 6.45) is 0.468. The van der Waals surface area contributed by atoms with Gasteiger partial charge in [0, 0.05) is 0 Å². The number of piperidine rings is 1. The van der Waals surface area contributed by atoms with E-state index in [1.165, 1.54) is 0 Å². The molecule has 2 heterocycles. The predicted octanol–water partition coefficient (Wildman–Crippen LogP) is 2.05. The van der Waals surface area contributed by atoms with Crippen LogP contribution in [0.1, 0.15) is 12.8 Å². The van der Waals surface area contributed by atoms with Crippen LogP contribution in [0.5, 0.6) is 5.75 Å². The number of nitrogens with one attached hydrogen (secondary N) is 1. The van der Waals surface area contributed by atoms with E-state index in [0.29, 0.717) is 35.8 Å². The number of benzene rings is 2. The van der Waals surface area contributed by atoms with Crippen molar-refractivity contribution in [3.05, 3.63) is 48.0 Å². The van der Waals surface area contributed by atoms with Crippen LogP contribution in [0.25, 0.3) is 10.9 Å². The van der Waals surface area contributed by atoms with Crippen molar-refractivity contribution in [1.29, 1.82) is 0 Å². The van der Waals surface area contributed by atoms with Crippen molar-refractivity contribution in [3.8, 4) is 5.75 Å². The third-order valence-electron chi connectivity index (χ3n) is 5.51. The van der Waals surface area contributed by atoms with Gasteiger partial charge >= 0.3 is 0 Å². The second-order valence-corrected chi connectivity index (χ2v) is 9.76. The third kappa shape index (κ3) is 3.74. The van der Waals surface area contributed by atoms with Crippen LogP contribution in [0.2, 0.25) is 0 Å². The highest BCUT2D eigenvalue weighted by Gasteiger charge is 2.46. The number of rotatable bonds is 5. The summed E-state index contributed by atoms with van der Waals surface area (Å²) in [6, 6.07) is 7.60. The van der Waals surface area contributed by atoms with Crippen molar-refractivity contribution in [2.24, 2.45) is 0 Å². The van der Waals surface area contributed by atoms with Gasteiger partial charge in [-0.15, -0.1) is 0 Å². The van der Waals surface area contributed by atoms with E-state index in [1.807, 2.05) is 0 Å². The van der Waals surface area contributed by atoms with Crippen molar-refractivity contribution in [2.75, 3.05) is 31.2 Å². The fourth-order valence-electron chi connectivity index (χ4n) is 3.79. The highest BCUT2D eigenvalue weighted by molar-refractivity contribution is 7.92. The van der Waals surface area contributed by atoms with E-state index in [0.717, 1.165) is 12.1 Å². The average Bonchev–Trinajstić information content (AvgIpc) is 2.74. The van der Waals surface area contributed by atoms with Gasteiger partial charge in [-0.05, 0) is 56.3 Å². The largest absolute Gasteiger partial charge is 0.491 e. The summed E-state index contributed by atoms with van der Waals surface area (Å²) in [5.74, 6) is -1.89. The molecular weight excluding hydrogens is 428 g/mol. The first-order chi connectivity index (χ1) is 14.7. The van der Waals surface area contributed by atoms with Crippen molar-refractivity contribution < 1.29 is 21.9 Å². The molecule has 1 aliphatic rings. The monoisotopic (exact) mass is 449 g/mol. The maximum absolute atomic E-state index is 13.8. The van der Waals surface area contributed by atoms with E-state index < -0.39 is 26.2 Å². The molecule has 0 aliphatic carbocycles. The summed E-state index contributed by atoms with van der Waals surface area (Å²) in [6.45, 7) is 0.659. The highest BCUT2D eigenvalue weighted by atomic mass is 32.2. The lowest BCUT2D eigenvalue weighted by Crippen LogP contribution is -2.51. The van der Waals surface area contributed by atoms with Crippen molar-refractivity contribution in [1.82, 2.24) is 15.3 Å². The predicted molar refractivity (Wildman–Crippen MR) is 112 cm³/mol. The Bertz CT molecular complexity index is 1250. The second kappa shape index (κ2) is 7.89. The number of halogens is 2. The second-order valence-electron chi connectivity index (χ2n) is 7.42. The van der Waals surface area contributed by atoms with Gasteiger partial charge in [-0.3, -0.25) is 0 Å². The number of ether oxygens (including phenoxy) is 1. The molecule has 8 nitrogen and oxygen atoms in total. The number of aromatic nitrogens is 2. The summed E-state index contributed by atoms with van der Waals surface area (Å²) in [5, 5.41) is 3.54. The number of fused-ring (bicyclic) bond motifs is 1. The minimum absolute atomic E-state index is 0.0119. The summed E-state index contributed by atoms with van der Waals surface area (Å²) in [7, 11) is -4.06. The average molecular weight is 449 g/mol. The SMILES string of the molecule is Nc1nc(N)c2c(OCC3(S(=O)(=O)c4ccc(F)c(F)c4)CCNCC3)cccc2n1. The number of nitrogens with two attached hydrogens (primary N) is 2. The summed E-state index contributed by atoms with van der Waals surface area (Å²) < 4.78 is 58.8. The highest BCUT2D eigenvalue weighted by Crippen LogP contribution is 2.36. The van der Waals surface area contributed by atoms with Crippen LogP contribution in [0.3, 0.4) is 0 Å². The summed E-state index contributed by atoms with van der Waals surface area (Å²) >= 11 is 0. The summed E-state index contributed by atoms with van der Waals surface area (Å²) in [5.41, 5.74) is 12.1. The molecule has 1 saturated heterocycles. The first kappa shape index (κ1) is 21.2. The van der Waals surface area contributed by atoms with Gasteiger partial charge in [0.2, 0.25) is 5.95 Å². The first-order valence-corrected chi connectivity index (χ1v) is 11.1. The molecule has 0 amide bonds. The Morgan fingerprint density at radius 2 is 1.81 bits per heavy atom. The van der Waals surface area contributed by atoms with Crippen molar-refractivity contribution in [3.63, 3.8) is 0 Å². The molecule has 4 rings (SSSR count). The van der Waals surface area contributed by atoms with Gasteiger partial charge in [0.15, 0.2) is 21.5 Å². The van der Waals surface area contributed by atoms with Crippen LogP contribution in [0, 0.1) is 11.6 Å². The molecule has 0 saturated carbocycles. The van der Waals surface area contributed by atoms with Crippen LogP contribution in [0.15, 0.2) is 41.3 Å². The third-order valence-corrected chi connectivity index (χ3v) is 8.05. The topological polar surface area (TPSA) is 133 Å². The fourth-order valence-corrected chi connectivity index (χ4v) is 5.76. The molecule has 1 aliphatic heterocycles. The lowest BCUT2D eigenvalue weighted by molar-refractivity contribution is 0.232. The lowest BCUT2D eigenvalue weighted by Gasteiger charge is -2.36. The zero-order valence-electron chi connectivity index (χ0n) is 16.4. The molecule has 2 aromatic carbocycles. The lowest BCUT2D eigenvalue weighted by atomic mass is 9.98. The smallest absolute Gasteiger partial charge is 0.222 e. The van der Waals surface area contributed by atoms with Crippen LogP contribution in [-0.2, 0) is 9.84 Å². The Labute approximate surface area is 177 Å². The van der Waals surface area contributed by atoms with E-state index in [9.17, 15) is 17.2 Å². The van der Waals surface area contributed by atoms with Gasteiger partial charge in [0.1, 0.15) is 22.9 Å². The fraction of sp³-hybridized carbons (Fsp3) is 0.300. The molecule has 3 aromatic rings. The van der Waals surface area contributed by atoms with Gasteiger partial charge in [0.05, 0.1) is 15.8 Å². The molecule has 164 valence electrons. The zero-order chi connectivity index (χ0) is 22.2. The number of hydrogen-bond acceptors (Lipinski definition) is 8. The zero-order valence-corrected chi connectivity index (χ0v) is 17.3. The van der Waals surface area contributed by atoms with Gasteiger partial charge < -0.3 is 21.5 Å². The van der Waals surface area contributed by atoms with E-state index in [2.05, 4.69) is 15.3 Å². The van der Waals surface area contributed by atoms with Crippen LogP contribution >= 0.6 is 0 Å². The molecular formula is C20H21F2N5O3S. The Kier molecular flexibility index (Phi) is 5.40. The Morgan fingerprint density at radius 1 is 1.06 bits per heavy atom.